The Morgan fingerprint density at radius 1 is 1.24 bits per heavy atom. The van der Waals surface area contributed by atoms with Gasteiger partial charge in [0.1, 0.15) is 5.60 Å². The molecule has 0 aliphatic heterocycles. The minimum absolute atomic E-state index is 0.237. The quantitative estimate of drug-likeness (QED) is 0.684. The third-order valence-corrected chi connectivity index (χ3v) is 2.60. The largest absolute Gasteiger partial charge is 0.465 e. The van der Waals surface area contributed by atoms with Crippen LogP contribution in [0, 0.1) is 0 Å². The van der Waals surface area contributed by atoms with Crippen LogP contribution in [0.25, 0.3) is 5.57 Å². The van der Waals surface area contributed by atoms with Gasteiger partial charge >= 0.3 is 12.1 Å². The number of ether oxygens (including phenoxy) is 2. The van der Waals surface area contributed by atoms with Gasteiger partial charge in [-0.15, -0.1) is 0 Å². The van der Waals surface area contributed by atoms with Crippen molar-refractivity contribution >= 4 is 17.6 Å². The number of rotatable bonds is 4. The summed E-state index contributed by atoms with van der Waals surface area (Å²) in [5.74, 6) is -0.500. The molecule has 21 heavy (non-hydrogen) atoms. The molecule has 0 radical (unpaired) electrons. The van der Waals surface area contributed by atoms with Crippen molar-refractivity contribution in [3.05, 3.63) is 42.0 Å². The van der Waals surface area contributed by atoms with Crippen molar-refractivity contribution in [2.75, 3.05) is 7.11 Å². The fraction of sp³-hybridized carbons (Fsp3) is 0.375. The van der Waals surface area contributed by atoms with E-state index in [1.807, 2.05) is 6.07 Å². The Kier molecular flexibility index (Phi) is 5.52. The second-order valence-electron chi connectivity index (χ2n) is 5.48. The van der Waals surface area contributed by atoms with Gasteiger partial charge < -0.3 is 14.8 Å². The van der Waals surface area contributed by atoms with Gasteiger partial charge in [-0.25, -0.2) is 9.59 Å². The van der Waals surface area contributed by atoms with Crippen molar-refractivity contribution in [1.29, 1.82) is 0 Å². The number of nitrogens with one attached hydrogen (secondary N) is 1. The van der Waals surface area contributed by atoms with Crippen molar-refractivity contribution in [2.45, 2.75) is 32.9 Å². The van der Waals surface area contributed by atoms with E-state index in [-0.39, 0.29) is 12.1 Å². The summed E-state index contributed by atoms with van der Waals surface area (Å²) in [5.41, 5.74) is 1.09. The summed E-state index contributed by atoms with van der Waals surface area (Å²) >= 11 is 0. The second kappa shape index (κ2) is 6.92. The molecule has 0 saturated heterocycles. The molecule has 0 spiro atoms. The number of hydrogen-bond acceptors (Lipinski definition) is 4. The normalized spacial score (nSPS) is 10.7. The van der Waals surface area contributed by atoms with E-state index in [1.54, 1.807) is 39.0 Å². The van der Waals surface area contributed by atoms with E-state index in [1.165, 1.54) is 7.11 Å². The maximum Gasteiger partial charge on any atom is 0.407 e. The number of methoxy groups -OCH3 is 1. The highest BCUT2D eigenvalue weighted by Crippen LogP contribution is 2.19. The molecule has 0 atom stereocenters. The first-order valence-corrected chi connectivity index (χ1v) is 6.57. The van der Waals surface area contributed by atoms with E-state index in [4.69, 9.17) is 4.74 Å². The smallest absolute Gasteiger partial charge is 0.407 e. The molecule has 0 bridgehead atoms. The second-order valence-corrected chi connectivity index (χ2v) is 5.48. The monoisotopic (exact) mass is 291 g/mol. The average Bonchev–Trinajstić information content (AvgIpc) is 2.42. The molecule has 1 N–H and O–H groups in total. The Hall–Kier alpha value is -2.30. The lowest BCUT2D eigenvalue weighted by Crippen LogP contribution is -2.32. The van der Waals surface area contributed by atoms with Gasteiger partial charge in [-0.1, -0.05) is 30.8 Å². The van der Waals surface area contributed by atoms with Gasteiger partial charge in [-0.05, 0) is 31.9 Å². The van der Waals surface area contributed by atoms with Crippen LogP contribution < -0.4 is 5.32 Å². The first kappa shape index (κ1) is 16.8. The minimum atomic E-state index is -0.556. The lowest BCUT2D eigenvalue weighted by molar-refractivity contribution is -0.133. The molecule has 5 nitrogen and oxygen atoms in total. The van der Waals surface area contributed by atoms with Crippen molar-refractivity contribution in [2.24, 2.45) is 0 Å². The Bertz CT molecular complexity index is 543. The number of esters is 1. The van der Waals surface area contributed by atoms with Gasteiger partial charge in [0.05, 0.1) is 12.7 Å². The van der Waals surface area contributed by atoms with E-state index in [0.717, 1.165) is 5.56 Å². The third-order valence-electron chi connectivity index (χ3n) is 2.60. The summed E-state index contributed by atoms with van der Waals surface area (Å²) in [6.45, 7) is 9.34. The summed E-state index contributed by atoms with van der Waals surface area (Å²) in [5, 5.41) is 2.65. The van der Waals surface area contributed by atoms with Crippen LogP contribution in [-0.4, -0.2) is 24.8 Å². The SMILES string of the molecule is C=C(C(=O)OC)c1ccccc1CNC(=O)OC(C)(C)C. The number of amides is 1. The summed E-state index contributed by atoms with van der Waals surface area (Å²) in [6, 6.07) is 7.17. The van der Waals surface area contributed by atoms with Gasteiger partial charge in [-0.2, -0.15) is 0 Å². The molecule has 1 amide bonds. The van der Waals surface area contributed by atoms with Gasteiger partial charge in [0.25, 0.3) is 0 Å². The van der Waals surface area contributed by atoms with E-state index >= 15 is 0 Å². The van der Waals surface area contributed by atoms with E-state index in [0.29, 0.717) is 5.56 Å². The molecule has 0 aliphatic carbocycles. The molecular formula is C16H21NO4. The molecule has 0 fully saturated rings. The molecule has 114 valence electrons. The van der Waals surface area contributed by atoms with Gasteiger partial charge in [0.2, 0.25) is 0 Å². The van der Waals surface area contributed by atoms with Crippen molar-refractivity contribution in [1.82, 2.24) is 5.32 Å². The van der Waals surface area contributed by atoms with Crippen molar-refractivity contribution in [3.8, 4) is 0 Å². The van der Waals surface area contributed by atoms with Crippen molar-refractivity contribution in [3.63, 3.8) is 0 Å². The number of hydrogen-bond donors (Lipinski definition) is 1. The molecular weight excluding hydrogens is 270 g/mol. The topological polar surface area (TPSA) is 64.6 Å². The number of carbonyl (C=O) groups excluding carboxylic acids is 2. The van der Waals surface area contributed by atoms with E-state index in [2.05, 4.69) is 16.6 Å². The lowest BCUT2D eigenvalue weighted by atomic mass is 10.0. The molecule has 0 saturated carbocycles. The molecule has 0 heterocycles. The number of alkyl carbamates (subject to hydrolysis) is 1. The number of benzene rings is 1. The zero-order valence-electron chi connectivity index (χ0n) is 12.9. The summed E-state index contributed by atoms with van der Waals surface area (Å²) in [7, 11) is 1.30. The average molecular weight is 291 g/mol. The summed E-state index contributed by atoms with van der Waals surface area (Å²) < 4.78 is 9.83. The predicted molar refractivity (Wildman–Crippen MR) is 80.6 cm³/mol. The molecule has 1 aromatic carbocycles. The molecule has 1 rings (SSSR count). The van der Waals surface area contributed by atoms with Crippen LogP contribution in [0.1, 0.15) is 31.9 Å². The highest BCUT2D eigenvalue weighted by Gasteiger charge is 2.17. The van der Waals surface area contributed by atoms with E-state index in [9.17, 15) is 9.59 Å². The van der Waals surface area contributed by atoms with Crippen molar-refractivity contribution < 1.29 is 19.1 Å². The standard InChI is InChI=1S/C16H21NO4/c1-11(14(18)20-5)13-9-7-6-8-12(13)10-17-15(19)21-16(2,3)4/h6-9H,1,10H2,2-5H3,(H,17,19). The first-order valence-electron chi connectivity index (χ1n) is 6.57. The third kappa shape index (κ3) is 5.30. The molecule has 1 aromatic rings. The lowest BCUT2D eigenvalue weighted by Gasteiger charge is -2.20. The van der Waals surface area contributed by atoms with Gasteiger partial charge in [0.15, 0.2) is 0 Å². The summed E-state index contributed by atoms with van der Waals surface area (Å²) in [6.07, 6.45) is -0.513. The Labute approximate surface area is 124 Å². The maximum absolute atomic E-state index is 11.7. The van der Waals surface area contributed by atoms with Gasteiger partial charge in [-0.3, -0.25) is 0 Å². The Balaban J connectivity index is 2.79. The highest BCUT2D eigenvalue weighted by molar-refractivity contribution is 6.15. The first-order chi connectivity index (χ1) is 9.74. The Morgan fingerprint density at radius 3 is 2.43 bits per heavy atom. The zero-order chi connectivity index (χ0) is 16.0. The number of carbonyl (C=O) groups is 2. The fourth-order valence-electron chi connectivity index (χ4n) is 1.68. The van der Waals surface area contributed by atoms with Crippen LogP contribution >= 0.6 is 0 Å². The molecule has 0 aliphatic rings. The summed E-state index contributed by atoms with van der Waals surface area (Å²) in [4.78, 5) is 23.2. The van der Waals surface area contributed by atoms with Crippen LogP contribution in [0.3, 0.4) is 0 Å². The molecule has 0 aromatic heterocycles. The fourth-order valence-corrected chi connectivity index (χ4v) is 1.68. The van der Waals surface area contributed by atoms with Gasteiger partial charge in [0, 0.05) is 6.54 Å². The zero-order valence-corrected chi connectivity index (χ0v) is 12.9. The highest BCUT2D eigenvalue weighted by atomic mass is 16.6. The van der Waals surface area contributed by atoms with E-state index < -0.39 is 17.7 Å². The van der Waals surface area contributed by atoms with Crippen LogP contribution in [0.4, 0.5) is 4.79 Å². The predicted octanol–water partition coefficient (Wildman–Crippen LogP) is 2.90. The minimum Gasteiger partial charge on any atom is -0.465 e. The van der Waals surface area contributed by atoms with Crippen LogP contribution in [0.2, 0.25) is 0 Å². The molecule has 0 unspecified atom stereocenters. The Morgan fingerprint density at radius 2 is 1.86 bits per heavy atom. The maximum atomic E-state index is 11.7. The van der Waals surface area contributed by atoms with Crippen LogP contribution in [0.5, 0.6) is 0 Å². The molecule has 5 heteroatoms. The van der Waals surface area contributed by atoms with Crippen LogP contribution in [-0.2, 0) is 20.8 Å². The van der Waals surface area contributed by atoms with Crippen LogP contribution in [0.15, 0.2) is 30.8 Å².